The summed E-state index contributed by atoms with van der Waals surface area (Å²) >= 11 is 0. The lowest BCUT2D eigenvalue weighted by atomic mass is 9.85. The lowest BCUT2D eigenvalue weighted by Crippen LogP contribution is -2.31. The number of rotatable bonds is 5. The van der Waals surface area contributed by atoms with Crippen LogP contribution in [0.1, 0.15) is 49.1 Å². The van der Waals surface area contributed by atoms with E-state index in [2.05, 4.69) is 20.8 Å². The first-order valence-corrected chi connectivity index (χ1v) is 11.4. The molecular formula is C29H28FNO3. The number of benzene rings is 3. The monoisotopic (exact) mass is 457 g/mol. The zero-order valence-corrected chi connectivity index (χ0v) is 19.6. The van der Waals surface area contributed by atoms with Crippen molar-refractivity contribution in [1.29, 1.82) is 0 Å². The number of Topliss-reactive ketones (excluding diaryl/α,β-unsaturated/α-hetero) is 1. The Morgan fingerprint density at radius 3 is 2.12 bits per heavy atom. The van der Waals surface area contributed by atoms with E-state index < -0.39 is 23.5 Å². The molecular weight excluding hydrogens is 429 g/mol. The minimum Gasteiger partial charge on any atom is -0.507 e. The molecule has 1 atom stereocenters. The molecule has 0 spiro atoms. The van der Waals surface area contributed by atoms with Crippen molar-refractivity contribution in [3.05, 3.63) is 113 Å². The Balaban J connectivity index is 1.79. The third-order valence-electron chi connectivity index (χ3n) is 6.23. The number of carbonyl (C=O) groups is 2. The molecule has 0 bridgehead atoms. The van der Waals surface area contributed by atoms with E-state index in [4.69, 9.17) is 0 Å². The standard InChI is InChI=1S/C29H28FNO3/c1-29(2,3)22-13-9-20(10-14-22)25-24(26(32)21-11-15-23(30)16-12-21)27(33)28(34)31(25)18-17-19-7-5-4-6-8-19/h4-16,25,32H,17-18H2,1-3H3/b26-24+. The maximum absolute atomic E-state index is 13.4. The second-order valence-electron chi connectivity index (χ2n) is 9.61. The predicted octanol–water partition coefficient (Wildman–Crippen LogP) is 5.79. The quantitative estimate of drug-likeness (QED) is 0.300. The summed E-state index contributed by atoms with van der Waals surface area (Å²) in [5.41, 5.74) is 3.17. The van der Waals surface area contributed by atoms with Crippen molar-refractivity contribution in [2.24, 2.45) is 0 Å². The van der Waals surface area contributed by atoms with Gasteiger partial charge in [0.15, 0.2) is 0 Å². The average molecular weight is 458 g/mol. The first-order valence-electron chi connectivity index (χ1n) is 11.4. The number of hydrogen-bond acceptors (Lipinski definition) is 3. The fourth-order valence-corrected chi connectivity index (χ4v) is 4.28. The minimum atomic E-state index is -0.736. The highest BCUT2D eigenvalue weighted by molar-refractivity contribution is 6.46. The van der Waals surface area contributed by atoms with Gasteiger partial charge in [-0.1, -0.05) is 75.4 Å². The summed E-state index contributed by atoms with van der Waals surface area (Å²) in [7, 11) is 0. The van der Waals surface area contributed by atoms with E-state index in [1.165, 1.54) is 29.2 Å². The van der Waals surface area contributed by atoms with Crippen LogP contribution in [-0.4, -0.2) is 28.2 Å². The SMILES string of the molecule is CC(C)(C)c1ccc(C2/C(=C(\O)c3ccc(F)cc3)C(=O)C(=O)N2CCc2ccccc2)cc1. The largest absolute Gasteiger partial charge is 0.507 e. The van der Waals surface area contributed by atoms with E-state index in [9.17, 15) is 19.1 Å². The number of nitrogens with zero attached hydrogens (tertiary/aromatic N) is 1. The first-order chi connectivity index (χ1) is 16.2. The maximum Gasteiger partial charge on any atom is 0.295 e. The molecule has 4 nitrogen and oxygen atoms in total. The Labute approximate surface area is 199 Å². The average Bonchev–Trinajstić information content (AvgIpc) is 3.08. The smallest absolute Gasteiger partial charge is 0.295 e. The van der Waals surface area contributed by atoms with Crippen LogP contribution in [0.15, 0.2) is 84.4 Å². The van der Waals surface area contributed by atoms with Crippen LogP contribution in [0.2, 0.25) is 0 Å². The number of amides is 1. The van der Waals surface area contributed by atoms with Gasteiger partial charge in [-0.25, -0.2) is 4.39 Å². The fourth-order valence-electron chi connectivity index (χ4n) is 4.28. The highest BCUT2D eigenvalue weighted by Crippen LogP contribution is 2.40. The molecule has 0 saturated carbocycles. The zero-order chi connectivity index (χ0) is 24.5. The van der Waals surface area contributed by atoms with Crippen LogP contribution in [-0.2, 0) is 21.4 Å². The van der Waals surface area contributed by atoms with Gasteiger partial charge in [-0.05, 0) is 52.8 Å². The molecule has 0 aliphatic carbocycles. The van der Waals surface area contributed by atoms with Crippen LogP contribution < -0.4 is 0 Å². The molecule has 3 aromatic rings. The molecule has 1 amide bonds. The van der Waals surface area contributed by atoms with Gasteiger partial charge in [0.2, 0.25) is 0 Å². The predicted molar refractivity (Wildman–Crippen MR) is 131 cm³/mol. The summed E-state index contributed by atoms with van der Waals surface area (Å²) in [5, 5.41) is 11.1. The number of likely N-dealkylation sites (tertiary alicyclic amines) is 1. The molecule has 0 radical (unpaired) electrons. The molecule has 5 heteroatoms. The van der Waals surface area contributed by atoms with Gasteiger partial charge < -0.3 is 10.0 Å². The summed E-state index contributed by atoms with van der Waals surface area (Å²) in [6, 6.07) is 22.0. The number of hydrogen-bond donors (Lipinski definition) is 1. The van der Waals surface area contributed by atoms with Crippen LogP contribution in [0.5, 0.6) is 0 Å². The highest BCUT2D eigenvalue weighted by Gasteiger charge is 2.45. The van der Waals surface area contributed by atoms with E-state index in [0.29, 0.717) is 18.5 Å². The Kier molecular flexibility index (Phi) is 6.38. The van der Waals surface area contributed by atoms with Gasteiger partial charge in [-0.15, -0.1) is 0 Å². The molecule has 1 fully saturated rings. The van der Waals surface area contributed by atoms with Gasteiger partial charge in [0.1, 0.15) is 11.6 Å². The molecule has 1 heterocycles. The summed E-state index contributed by atoms with van der Waals surface area (Å²) in [4.78, 5) is 27.8. The lowest BCUT2D eigenvalue weighted by Gasteiger charge is -2.26. The third kappa shape index (κ3) is 4.65. The molecule has 0 aromatic heterocycles. The lowest BCUT2D eigenvalue weighted by molar-refractivity contribution is -0.139. The number of aliphatic hydroxyl groups is 1. The van der Waals surface area contributed by atoms with E-state index >= 15 is 0 Å². The second kappa shape index (κ2) is 9.26. The number of aliphatic hydroxyl groups excluding tert-OH is 1. The van der Waals surface area contributed by atoms with Crippen LogP contribution in [0, 0.1) is 5.82 Å². The van der Waals surface area contributed by atoms with Gasteiger partial charge in [0.05, 0.1) is 11.6 Å². The molecule has 1 aliphatic rings. The van der Waals surface area contributed by atoms with Gasteiger partial charge in [-0.3, -0.25) is 9.59 Å². The summed E-state index contributed by atoms with van der Waals surface area (Å²) in [5.74, 6) is -2.14. The van der Waals surface area contributed by atoms with E-state index in [1.54, 1.807) is 0 Å². The summed E-state index contributed by atoms with van der Waals surface area (Å²) < 4.78 is 13.4. The fraction of sp³-hybridized carbons (Fsp3) is 0.241. The Bertz CT molecular complexity index is 1220. The molecule has 1 unspecified atom stereocenters. The van der Waals surface area contributed by atoms with E-state index in [-0.39, 0.29) is 16.7 Å². The third-order valence-corrected chi connectivity index (χ3v) is 6.23. The Morgan fingerprint density at radius 1 is 0.912 bits per heavy atom. The molecule has 1 N–H and O–H groups in total. The molecule has 1 aliphatic heterocycles. The minimum absolute atomic E-state index is 0.0215. The highest BCUT2D eigenvalue weighted by atomic mass is 19.1. The number of ketones is 1. The van der Waals surface area contributed by atoms with Crippen molar-refractivity contribution in [2.75, 3.05) is 6.54 Å². The van der Waals surface area contributed by atoms with Crippen LogP contribution in [0.3, 0.4) is 0 Å². The van der Waals surface area contributed by atoms with Gasteiger partial charge >= 0.3 is 0 Å². The van der Waals surface area contributed by atoms with Crippen LogP contribution in [0.4, 0.5) is 4.39 Å². The molecule has 3 aromatic carbocycles. The molecule has 34 heavy (non-hydrogen) atoms. The van der Waals surface area contributed by atoms with Crippen molar-refractivity contribution < 1.29 is 19.1 Å². The van der Waals surface area contributed by atoms with Gasteiger partial charge in [0, 0.05) is 12.1 Å². The Hall–Kier alpha value is -3.73. The molecule has 174 valence electrons. The van der Waals surface area contributed by atoms with Crippen molar-refractivity contribution in [1.82, 2.24) is 4.90 Å². The van der Waals surface area contributed by atoms with Gasteiger partial charge in [-0.2, -0.15) is 0 Å². The molecule has 1 saturated heterocycles. The van der Waals surface area contributed by atoms with E-state index in [0.717, 1.165) is 16.7 Å². The first kappa shape index (κ1) is 23.4. The topological polar surface area (TPSA) is 57.6 Å². The summed E-state index contributed by atoms with van der Waals surface area (Å²) in [6.07, 6.45) is 0.570. The van der Waals surface area contributed by atoms with Crippen molar-refractivity contribution >= 4 is 17.4 Å². The summed E-state index contributed by atoms with van der Waals surface area (Å²) in [6.45, 7) is 6.66. The Morgan fingerprint density at radius 2 is 1.53 bits per heavy atom. The van der Waals surface area contributed by atoms with Crippen molar-refractivity contribution in [3.63, 3.8) is 0 Å². The van der Waals surface area contributed by atoms with Gasteiger partial charge in [0.25, 0.3) is 11.7 Å². The van der Waals surface area contributed by atoms with E-state index in [1.807, 2.05) is 54.6 Å². The van der Waals surface area contributed by atoms with Crippen molar-refractivity contribution in [3.8, 4) is 0 Å². The number of carbonyl (C=O) groups excluding carboxylic acids is 2. The number of halogens is 1. The zero-order valence-electron chi connectivity index (χ0n) is 19.6. The normalized spacial score (nSPS) is 17.9. The van der Waals surface area contributed by atoms with Crippen LogP contribution in [0.25, 0.3) is 5.76 Å². The van der Waals surface area contributed by atoms with Crippen molar-refractivity contribution in [2.45, 2.75) is 38.6 Å². The second-order valence-corrected chi connectivity index (χ2v) is 9.61. The maximum atomic E-state index is 13.4. The molecule has 4 rings (SSSR count). The van der Waals surface area contributed by atoms with Crippen LogP contribution >= 0.6 is 0 Å².